The van der Waals surface area contributed by atoms with Gasteiger partial charge in [0.1, 0.15) is 6.61 Å². The minimum absolute atomic E-state index is 0.384. The van der Waals surface area contributed by atoms with E-state index in [-0.39, 0.29) is 0 Å². The zero-order valence-corrected chi connectivity index (χ0v) is 10.0. The van der Waals surface area contributed by atoms with Crippen molar-refractivity contribution in [1.82, 2.24) is 0 Å². The van der Waals surface area contributed by atoms with Gasteiger partial charge in [0.05, 0.1) is 0 Å². The highest BCUT2D eigenvalue weighted by molar-refractivity contribution is 7.69. The van der Waals surface area contributed by atoms with Crippen molar-refractivity contribution in [3.8, 4) is 5.75 Å². The monoisotopic (exact) mass is 247 g/mol. The SMILES string of the molecule is O[P+]1(c2ccccc2)OCc2ccccc2O1. The van der Waals surface area contributed by atoms with Crippen molar-refractivity contribution >= 4 is 13.2 Å². The van der Waals surface area contributed by atoms with Gasteiger partial charge in [-0.2, -0.15) is 9.42 Å². The molecule has 1 atom stereocenters. The highest BCUT2D eigenvalue weighted by Gasteiger charge is 2.48. The molecule has 0 aromatic heterocycles. The molecule has 0 saturated heterocycles. The average molecular weight is 247 g/mol. The van der Waals surface area contributed by atoms with Crippen LogP contribution in [0.2, 0.25) is 0 Å². The van der Waals surface area contributed by atoms with E-state index in [2.05, 4.69) is 0 Å². The summed E-state index contributed by atoms with van der Waals surface area (Å²) in [6, 6.07) is 16.9. The third-order valence-electron chi connectivity index (χ3n) is 2.67. The van der Waals surface area contributed by atoms with Crippen molar-refractivity contribution in [2.75, 3.05) is 0 Å². The van der Waals surface area contributed by atoms with Crippen molar-refractivity contribution in [1.29, 1.82) is 0 Å². The first kappa shape index (κ1) is 10.7. The quantitative estimate of drug-likeness (QED) is 0.787. The molecule has 2 aromatic rings. The van der Waals surface area contributed by atoms with Crippen LogP contribution in [-0.2, 0) is 11.1 Å². The molecular formula is C13H12O3P+. The Morgan fingerprint density at radius 2 is 1.65 bits per heavy atom. The maximum Gasteiger partial charge on any atom is 0.490 e. The van der Waals surface area contributed by atoms with Crippen LogP contribution >= 0.6 is 7.94 Å². The van der Waals surface area contributed by atoms with Crippen LogP contribution in [0, 0.1) is 0 Å². The maximum absolute atomic E-state index is 10.5. The summed E-state index contributed by atoms with van der Waals surface area (Å²) in [6.45, 7) is 0.384. The summed E-state index contributed by atoms with van der Waals surface area (Å²) in [6.07, 6.45) is 0. The molecule has 0 amide bonds. The van der Waals surface area contributed by atoms with Crippen molar-refractivity contribution in [3.63, 3.8) is 0 Å². The lowest BCUT2D eigenvalue weighted by atomic mass is 10.2. The Morgan fingerprint density at radius 3 is 2.47 bits per heavy atom. The Hall–Kier alpha value is -1.41. The fourth-order valence-electron chi connectivity index (χ4n) is 1.77. The van der Waals surface area contributed by atoms with E-state index in [4.69, 9.17) is 9.05 Å². The summed E-state index contributed by atoms with van der Waals surface area (Å²) < 4.78 is 11.2. The number of para-hydroxylation sites is 1. The second-order valence-corrected chi connectivity index (χ2v) is 5.83. The minimum atomic E-state index is -2.95. The molecule has 86 valence electrons. The molecule has 0 spiro atoms. The third-order valence-corrected chi connectivity index (χ3v) is 4.55. The summed E-state index contributed by atoms with van der Waals surface area (Å²) in [4.78, 5) is 10.5. The zero-order valence-electron chi connectivity index (χ0n) is 9.11. The Kier molecular flexibility index (Phi) is 2.60. The lowest BCUT2D eigenvalue weighted by Gasteiger charge is -2.22. The number of benzene rings is 2. The van der Waals surface area contributed by atoms with E-state index in [1.54, 1.807) is 0 Å². The molecule has 0 radical (unpaired) electrons. The Labute approximate surface area is 100 Å². The van der Waals surface area contributed by atoms with E-state index in [1.165, 1.54) is 0 Å². The van der Waals surface area contributed by atoms with Gasteiger partial charge in [0, 0.05) is 5.56 Å². The van der Waals surface area contributed by atoms with Crippen LogP contribution in [0.15, 0.2) is 54.6 Å². The second-order valence-electron chi connectivity index (χ2n) is 3.83. The van der Waals surface area contributed by atoms with Crippen LogP contribution in [0.5, 0.6) is 5.75 Å². The Morgan fingerprint density at radius 1 is 0.941 bits per heavy atom. The molecule has 17 heavy (non-hydrogen) atoms. The smallest absolute Gasteiger partial charge is 0.280 e. The fourth-order valence-corrected chi connectivity index (χ4v) is 3.39. The first-order chi connectivity index (χ1) is 8.28. The van der Waals surface area contributed by atoms with Crippen molar-refractivity contribution < 1.29 is 13.9 Å². The average Bonchev–Trinajstić information content (AvgIpc) is 2.40. The summed E-state index contributed by atoms with van der Waals surface area (Å²) in [7, 11) is -2.95. The Bertz CT molecular complexity index is 529. The van der Waals surface area contributed by atoms with E-state index >= 15 is 0 Å². The van der Waals surface area contributed by atoms with Gasteiger partial charge in [-0.1, -0.05) is 36.4 Å². The van der Waals surface area contributed by atoms with Crippen LogP contribution in [0.25, 0.3) is 0 Å². The first-order valence-electron chi connectivity index (χ1n) is 5.37. The van der Waals surface area contributed by atoms with E-state index in [0.717, 1.165) is 5.56 Å². The van der Waals surface area contributed by atoms with Crippen LogP contribution in [0.4, 0.5) is 0 Å². The topological polar surface area (TPSA) is 38.7 Å². The lowest BCUT2D eigenvalue weighted by molar-refractivity contribution is 0.214. The number of fused-ring (bicyclic) bond motifs is 1. The summed E-state index contributed by atoms with van der Waals surface area (Å²) >= 11 is 0. The van der Waals surface area contributed by atoms with E-state index in [9.17, 15) is 4.89 Å². The number of hydrogen-bond acceptors (Lipinski definition) is 3. The molecule has 2 aromatic carbocycles. The lowest BCUT2D eigenvalue weighted by Crippen LogP contribution is -2.22. The molecule has 1 unspecified atom stereocenters. The predicted molar refractivity (Wildman–Crippen MR) is 67.1 cm³/mol. The molecule has 1 heterocycles. The molecular weight excluding hydrogens is 235 g/mol. The molecule has 0 saturated carbocycles. The standard InChI is InChI=1S/C13H12O3P/c14-17(12-7-2-1-3-8-12)15-10-11-6-4-5-9-13(11)16-17/h1-9,14H,10H2/q+1. The second kappa shape index (κ2) is 4.11. The highest BCUT2D eigenvalue weighted by Crippen LogP contribution is 2.59. The van der Waals surface area contributed by atoms with Gasteiger partial charge in [-0.05, 0) is 18.2 Å². The van der Waals surface area contributed by atoms with Gasteiger partial charge in [0.15, 0.2) is 11.1 Å². The van der Waals surface area contributed by atoms with Crippen LogP contribution < -0.4 is 9.83 Å². The molecule has 0 fully saturated rings. The minimum Gasteiger partial charge on any atom is -0.280 e. The largest absolute Gasteiger partial charge is 0.490 e. The van der Waals surface area contributed by atoms with Gasteiger partial charge in [0.2, 0.25) is 0 Å². The Balaban J connectivity index is 1.98. The highest BCUT2D eigenvalue weighted by atomic mass is 31.2. The van der Waals surface area contributed by atoms with E-state index in [0.29, 0.717) is 17.7 Å². The molecule has 3 nitrogen and oxygen atoms in total. The van der Waals surface area contributed by atoms with Crippen LogP contribution in [-0.4, -0.2) is 4.89 Å². The van der Waals surface area contributed by atoms with Crippen LogP contribution in [0.3, 0.4) is 0 Å². The van der Waals surface area contributed by atoms with Crippen LogP contribution in [0.1, 0.15) is 5.56 Å². The molecule has 1 N–H and O–H groups in total. The van der Waals surface area contributed by atoms with Gasteiger partial charge in [0.25, 0.3) is 0 Å². The van der Waals surface area contributed by atoms with Gasteiger partial charge < -0.3 is 0 Å². The number of hydrogen-bond donors (Lipinski definition) is 1. The summed E-state index contributed by atoms with van der Waals surface area (Å²) in [5.74, 6) is 0.707. The zero-order chi connectivity index (χ0) is 11.7. The third kappa shape index (κ3) is 1.93. The number of rotatable bonds is 1. The summed E-state index contributed by atoms with van der Waals surface area (Å²) in [5.41, 5.74) is 0.966. The molecule has 3 rings (SSSR count). The van der Waals surface area contributed by atoms with Crippen molar-refractivity contribution in [2.24, 2.45) is 0 Å². The van der Waals surface area contributed by atoms with Crippen molar-refractivity contribution in [2.45, 2.75) is 6.61 Å². The maximum atomic E-state index is 10.5. The molecule has 0 bridgehead atoms. The van der Waals surface area contributed by atoms with Gasteiger partial charge in [-0.3, -0.25) is 4.52 Å². The summed E-state index contributed by atoms with van der Waals surface area (Å²) in [5, 5.41) is 0.703. The molecule has 4 heteroatoms. The normalized spacial score (nSPS) is 22.6. The van der Waals surface area contributed by atoms with Gasteiger partial charge in [-0.25, -0.2) is 0 Å². The first-order valence-corrected chi connectivity index (χ1v) is 6.95. The van der Waals surface area contributed by atoms with E-state index in [1.807, 2.05) is 54.6 Å². The molecule has 1 aliphatic heterocycles. The predicted octanol–water partition coefficient (Wildman–Crippen LogP) is 2.68. The van der Waals surface area contributed by atoms with Gasteiger partial charge in [-0.15, -0.1) is 0 Å². The van der Waals surface area contributed by atoms with E-state index < -0.39 is 7.94 Å². The fraction of sp³-hybridized carbons (Fsp3) is 0.0769. The van der Waals surface area contributed by atoms with Gasteiger partial charge >= 0.3 is 7.94 Å². The van der Waals surface area contributed by atoms with Crippen molar-refractivity contribution in [3.05, 3.63) is 60.2 Å². The molecule has 0 aliphatic carbocycles. The molecule has 1 aliphatic rings.